The number of ether oxygens (including phenoxy) is 3. The first-order valence-electron chi connectivity index (χ1n) is 12.3. The molecule has 2 atom stereocenters. The number of pyridine rings is 1. The number of carbonyl (C=O) groups is 2. The Morgan fingerprint density at radius 3 is 2.53 bits per heavy atom. The van der Waals surface area contributed by atoms with E-state index >= 15 is 0 Å². The van der Waals surface area contributed by atoms with Crippen LogP contribution in [0.1, 0.15) is 59.6 Å². The lowest BCUT2D eigenvalue weighted by Crippen LogP contribution is -2.52. The number of rotatable bonds is 6. The SMILES string of the molecule is COc1ccc2c(O[C@@H]3CN(C(=O)OC(C)(C)C)[C@](C)(C(=O)O)C3)cc(-c3nc(C(C)C)cs3)nc2c1Cl. The van der Waals surface area contributed by atoms with Gasteiger partial charge in [0.05, 0.1) is 24.9 Å². The number of hydrogen-bond acceptors (Lipinski definition) is 8. The fourth-order valence-electron chi connectivity index (χ4n) is 4.32. The van der Waals surface area contributed by atoms with Crippen molar-refractivity contribution in [2.75, 3.05) is 13.7 Å². The smallest absolute Gasteiger partial charge is 0.411 e. The quantitative estimate of drug-likeness (QED) is 0.369. The first kappa shape index (κ1) is 27.9. The number of benzene rings is 1. The molecule has 4 rings (SSSR count). The summed E-state index contributed by atoms with van der Waals surface area (Å²) in [7, 11) is 1.53. The molecule has 9 nitrogen and oxygen atoms in total. The number of methoxy groups -OCH3 is 1. The number of halogens is 1. The maximum Gasteiger partial charge on any atom is 0.411 e. The predicted octanol–water partition coefficient (Wildman–Crippen LogP) is 6.38. The summed E-state index contributed by atoms with van der Waals surface area (Å²) in [6.45, 7) is 10.9. The van der Waals surface area contributed by atoms with Gasteiger partial charge in [-0.05, 0) is 45.7 Å². The minimum Gasteiger partial charge on any atom is -0.495 e. The minimum atomic E-state index is -1.50. The molecule has 38 heavy (non-hydrogen) atoms. The van der Waals surface area contributed by atoms with Crippen molar-refractivity contribution in [1.82, 2.24) is 14.9 Å². The van der Waals surface area contributed by atoms with Crippen molar-refractivity contribution >= 4 is 45.9 Å². The molecule has 2 aromatic heterocycles. The zero-order chi connectivity index (χ0) is 28.0. The van der Waals surface area contributed by atoms with E-state index in [1.165, 1.54) is 30.3 Å². The van der Waals surface area contributed by atoms with Crippen molar-refractivity contribution in [3.63, 3.8) is 0 Å². The first-order valence-corrected chi connectivity index (χ1v) is 13.5. The molecule has 0 unspecified atom stereocenters. The van der Waals surface area contributed by atoms with Crippen LogP contribution in [-0.2, 0) is 9.53 Å². The van der Waals surface area contributed by atoms with E-state index < -0.39 is 29.3 Å². The van der Waals surface area contributed by atoms with Crippen LogP contribution >= 0.6 is 22.9 Å². The molecule has 1 amide bonds. The van der Waals surface area contributed by atoms with Gasteiger partial charge >= 0.3 is 12.1 Å². The third-order valence-corrected chi connectivity index (χ3v) is 7.62. The predicted molar refractivity (Wildman–Crippen MR) is 147 cm³/mol. The van der Waals surface area contributed by atoms with E-state index in [1.54, 1.807) is 39.0 Å². The van der Waals surface area contributed by atoms with Crippen molar-refractivity contribution in [3.05, 3.63) is 34.3 Å². The summed E-state index contributed by atoms with van der Waals surface area (Å²) in [5, 5.41) is 13.7. The standard InChI is InChI=1S/C27H32ClN3O6S/c1-14(2)18-13-38-23(30-18)17-10-20(16-8-9-19(35-7)21(28)22(16)29-17)36-15-11-27(6,24(32)33)31(12-15)25(34)37-26(3,4)5/h8-10,13-15H,11-12H2,1-7H3,(H,32,33)/t15-,27-/m0/s1. The number of nitrogens with zero attached hydrogens (tertiary/aromatic N) is 3. The molecule has 1 aromatic carbocycles. The van der Waals surface area contributed by atoms with Crippen molar-refractivity contribution in [3.8, 4) is 22.2 Å². The number of aromatic nitrogens is 2. The highest BCUT2D eigenvalue weighted by Gasteiger charge is 2.52. The average molecular weight is 562 g/mol. The number of thiazole rings is 1. The molecule has 11 heteroatoms. The third-order valence-electron chi connectivity index (χ3n) is 6.37. The normalized spacial score (nSPS) is 19.7. The van der Waals surface area contributed by atoms with E-state index in [1.807, 2.05) is 5.38 Å². The summed E-state index contributed by atoms with van der Waals surface area (Å²) < 4.78 is 17.3. The van der Waals surface area contributed by atoms with Gasteiger partial charge in [0.15, 0.2) is 0 Å². The molecule has 1 saturated heterocycles. The lowest BCUT2D eigenvalue weighted by Gasteiger charge is -2.32. The number of fused-ring (bicyclic) bond motifs is 1. The molecular formula is C27H32ClN3O6S. The van der Waals surface area contributed by atoms with E-state index in [4.69, 9.17) is 35.8 Å². The van der Waals surface area contributed by atoms with Crippen LogP contribution in [0.4, 0.5) is 4.79 Å². The van der Waals surface area contributed by atoms with Crippen LogP contribution in [-0.4, -0.2) is 62.9 Å². The summed E-state index contributed by atoms with van der Waals surface area (Å²) in [4.78, 5) is 35.9. The van der Waals surface area contributed by atoms with Crippen LogP contribution in [0.15, 0.2) is 23.6 Å². The van der Waals surface area contributed by atoms with Gasteiger partial charge in [-0.2, -0.15) is 0 Å². The van der Waals surface area contributed by atoms with Crippen LogP contribution in [0.5, 0.6) is 11.5 Å². The second-order valence-electron chi connectivity index (χ2n) is 10.8. The van der Waals surface area contributed by atoms with Crippen molar-refractivity contribution < 1.29 is 28.9 Å². The van der Waals surface area contributed by atoms with E-state index in [0.29, 0.717) is 38.1 Å². The van der Waals surface area contributed by atoms with Gasteiger partial charge in [-0.15, -0.1) is 11.3 Å². The van der Waals surface area contributed by atoms with Crippen LogP contribution < -0.4 is 9.47 Å². The summed E-state index contributed by atoms with van der Waals surface area (Å²) in [6.07, 6.45) is -1.25. The van der Waals surface area contributed by atoms with Gasteiger partial charge < -0.3 is 19.3 Å². The summed E-state index contributed by atoms with van der Waals surface area (Å²) in [6, 6.07) is 5.30. The van der Waals surface area contributed by atoms with E-state index in [2.05, 4.69) is 13.8 Å². The monoisotopic (exact) mass is 561 g/mol. The summed E-state index contributed by atoms with van der Waals surface area (Å²) >= 11 is 8.12. The molecule has 204 valence electrons. The molecule has 1 fully saturated rings. The van der Waals surface area contributed by atoms with Crippen LogP contribution in [0, 0.1) is 0 Å². The average Bonchev–Trinajstić information content (AvgIpc) is 3.44. The van der Waals surface area contributed by atoms with Crippen LogP contribution in [0.25, 0.3) is 21.6 Å². The first-order chi connectivity index (χ1) is 17.7. The number of carboxylic acid groups (broad SMARTS) is 1. The van der Waals surface area contributed by atoms with Crippen molar-refractivity contribution in [2.45, 2.75) is 71.1 Å². The lowest BCUT2D eigenvalue weighted by atomic mass is 9.98. The molecule has 0 radical (unpaired) electrons. The van der Waals surface area contributed by atoms with Gasteiger partial charge in [-0.1, -0.05) is 25.4 Å². The largest absolute Gasteiger partial charge is 0.495 e. The molecule has 0 spiro atoms. The lowest BCUT2D eigenvalue weighted by molar-refractivity contribution is -0.148. The van der Waals surface area contributed by atoms with E-state index in [0.717, 1.165) is 5.69 Å². The zero-order valence-electron chi connectivity index (χ0n) is 22.5. The molecule has 1 N–H and O–H groups in total. The molecule has 3 heterocycles. The van der Waals surface area contributed by atoms with Crippen molar-refractivity contribution in [2.24, 2.45) is 0 Å². The number of amides is 1. The molecule has 1 aliphatic rings. The van der Waals surface area contributed by atoms with Gasteiger partial charge in [0.25, 0.3) is 0 Å². The Balaban J connectivity index is 1.76. The molecule has 0 saturated carbocycles. The maximum absolute atomic E-state index is 12.9. The second kappa shape index (κ2) is 10.2. The Morgan fingerprint density at radius 1 is 1.24 bits per heavy atom. The van der Waals surface area contributed by atoms with Gasteiger partial charge in [-0.3, -0.25) is 4.90 Å². The number of aliphatic carboxylic acids is 1. The molecular weight excluding hydrogens is 530 g/mol. The Kier molecular flexibility index (Phi) is 7.51. The van der Waals surface area contributed by atoms with Gasteiger partial charge in [0, 0.05) is 23.3 Å². The number of hydrogen-bond donors (Lipinski definition) is 1. The summed E-state index contributed by atoms with van der Waals surface area (Å²) in [5.41, 5.74) is -0.275. The second-order valence-corrected chi connectivity index (χ2v) is 12.1. The number of likely N-dealkylation sites (tertiary alicyclic amines) is 1. The van der Waals surface area contributed by atoms with Gasteiger partial charge in [0.1, 0.15) is 44.5 Å². The van der Waals surface area contributed by atoms with Crippen molar-refractivity contribution in [1.29, 1.82) is 0 Å². The van der Waals surface area contributed by atoms with Crippen LogP contribution in [0.3, 0.4) is 0 Å². The maximum atomic E-state index is 12.9. The molecule has 3 aromatic rings. The topological polar surface area (TPSA) is 111 Å². The fraction of sp³-hybridized carbons (Fsp3) is 0.481. The van der Waals surface area contributed by atoms with Crippen LogP contribution in [0.2, 0.25) is 5.02 Å². The Bertz CT molecular complexity index is 1390. The molecule has 1 aliphatic heterocycles. The minimum absolute atomic E-state index is 0.0372. The number of carboxylic acids is 1. The zero-order valence-corrected chi connectivity index (χ0v) is 24.1. The summed E-state index contributed by atoms with van der Waals surface area (Å²) in [5.74, 6) is 0.0456. The highest BCUT2D eigenvalue weighted by molar-refractivity contribution is 7.13. The van der Waals surface area contributed by atoms with Gasteiger partial charge in [0.2, 0.25) is 0 Å². The highest BCUT2D eigenvalue weighted by Crippen LogP contribution is 2.41. The Morgan fingerprint density at radius 2 is 1.95 bits per heavy atom. The Hall–Kier alpha value is -3.11. The molecule has 0 bridgehead atoms. The highest BCUT2D eigenvalue weighted by atomic mass is 35.5. The fourth-order valence-corrected chi connectivity index (χ4v) is 5.54. The van der Waals surface area contributed by atoms with E-state index in [-0.39, 0.29) is 18.9 Å². The third kappa shape index (κ3) is 5.37. The van der Waals surface area contributed by atoms with Gasteiger partial charge in [-0.25, -0.2) is 19.6 Å². The number of carbonyl (C=O) groups excluding carboxylic acids is 1. The van der Waals surface area contributed by atoms with E-state index in [9.17, 15) is 14.7 Å². The Labute approximate surface area is 230 Å². The molecule has 0 aliphatic carbocycles.